The van der Waals surface area contributed by atoms with Gasteiger partial charge in [-0.15, -0.1) is 0 Å². The van der Waals surface area contributed by atoms with Crippen LogP contribution in [0, 0.1) is 0 Å². The Hall–Kier alpha value is -1.88. The highest BCUT2D eigenvalue weighted by molar-refractivity contribution is 9.10. The summed E-state index contributed by atoms with van der Waals surface area (Å²) in [6.07, 6.45) is 1.75. The van der Waals surface area contributed by atoms with Crippen molar-refractivity contribution >= 4 is 44.7 Å². The fraction of sp³-hybridized carbons (Fsp3) is 0.0769. The number of carbonyl (C=O) groups is 1. The SMILES string of the molecule is CC1=N/C(=C\c2[nH]c3ccccc3c2Br)C(=O)N1. The van der Waals surface area contributed by atoms with Crippen LogP contribution in [0.2, 0.25) is 0 Å². The van der Waals surface area contributed by atoms with E-state index >= 15 is 0 Å². The molecular formula is C13H10BrN3O. The van der Waals surface area contributed by atoms with E-state index in [9.17, 15) is 4.79 Å². The van der Waals surface area contributed by atoms with Gasteiger partial charge in [0.25, 0.3) is 5.91 Å². The van der Waals surface area contributed by atoms with Gasteiger partial charge in [-0.2, -0.15) is 0 Å². The molecule has 90 valence electrons. The number of halogens is 1. The number of aromatic nitrogens is 1. The smallest absolute Gasteiger partial charge is 0.275 e. The summed E-state index contributed by atoms with van der Waals surface area (Å²) in [5.41, 5.74) is 2.29. The average Bonchev–Trinajstić information content (AvgIpc) is 2.82. The minimum atomic E-state index is -0.168. The van der Waals surface area contributed by atoms with E-state index in [0.29, 0.717) is 11.5 Å². The number of fused-ring (bicyclic) bond motifs is 1. The van der Waals surface area contributed by atoms with Gasteiger partial charge in [-0.25, -0.2) is 4.99 Å². The Balaban J connectivity index is 2.13. The maximum atomic E-state index is 11.6. The summed E-state index contributed by atoms with van der Waals surface area (Å²) in [4.78, 5) is 19.0. The predicted octanol–water partition coefficient (Wildman–Crippen LogP) is 2.82. The summed E-state index contributed by atoms with van der Waals surface area (Å²) < 4.78 is 0.943. The third-order valence-electron chi connectivity index (χ3n) is 2.77. The van der Waals surface area contributed by atoms with E-state index in [1.807, 2.05) is 24.3 Å². The van der Waals surface area contributed by atoms with Crippen LogP contribution in [-0.4, -0.2) is 16.7 Å². The standard InChI is InChI=1S/C13H10BrN3O/c1-7-15-11(13(18)16-7)6-10-12(14)8-4-2-3-5-9(8)17-10/h2-6,17H,1H3,(H,15,16,18)/b11-6-. The number of rotatable bonds is 1. The van der Waals surface area contributed by atoms with Crippen molar-refractivity contribution in [3.8, 4) is 0 Å². The highest BCUT2D eigenvalue weighted by atomic mass is 79.9. The second-order valence-corrected chi connectivity index (χ2v) is 4.87. The van der Waals surface area contributed by atoms with Crippen LogP contribution >= 0.6 is 15.9 Å². The van der Waals surface area contributed by atoms with E-state index in [4.69, 9.17) is 0 Å². The number of amidine groups is 1. The number of amides is 1. The first kappa shape index (κ1) is 11.2. The van der Waals surface area contributed by atoms with Crippen molar-refractivity contribution in [2.45, 2.75) is 6.92 Å². The number of nitrogens with one attached hydrogen (secondary N) is 2. The van der Waals surface area contributed by atoms with Crippen LogP contribution in [0.4, 0.5) is 0 Å². The minimum Gasteiger partial charge on any atom is -0.354 e. The molecule has 1 aliphatic rings. The lowest BCUT2D eigenvalue weighted by atomic mass is 10.2. The van der Waals surface area contributed by atoms with Crippen molar-refractivity contribution < 1.29 is 4.79 Å². The van der Waals surface area contributed by atoms with Crippen molar-refractivity contribution in [2.75, 3.05) is 0 Å². The van der Waals surface area contributed by atoms with Crippen LogP contribution in [0.15, 0.2) is 39.4 Å². The summed E-state index contributed by atoms with van der Waals surface area (Å²) in [6, 6.07) is 7.95. The first-order valence-corrected chi connectivity index (χ1v) is 6.29. The molecular weight excluding hydrogens is 294 g/mol. The zero-order chi connectivity index (χ0) is 12.7. The Bertz CT molecular complexity index is 712. The molecule has 0 aliphatic carbocycles. The number of hydrogen-bond donors (Lipinski definition) is 2. The molecule has 0 spiro atoms. The van der Waals surface area contributed by atoms with Crippen LogP contribution in [0.25, 0.3) is 17.0 Å². The molecule has 0 saturated carbocycles. The number of benzene rings is 1. The van der Waals surface area contributed by atoms with E-state index in [0.717, 1.165) is 21.1 Å². The monoisotopic (exact) mass is 303 g/mol. The number of carbonyl (C=O) groups excluding carboxylic acids is 1. The van der Waals surface area contributed by atoms with Gasteiger partial charge in [0.05, 0.1) is 10.2 Å². The van der Waals surface area contributed by atoms with Crippen molar-refractivity contribution in [1.29, 1.82) is 0 Å². The van der Waals surface area contributed by atoms with Gasteiger partial charge in [-0.1, -0.05) is 18.2 Å². The molecule has 0 atom stereocenters. The van der Waals surface area contributed by atoms with Gasteiger partial charge in [0.2, 0.25) is 0 Å². The van der Waals surface area contributed by atoms with Gasteiger partial charge in [-0.3, -0.25) is 4.79 Å². The Morgan fingerprint density at radius 1 is 1.33 bits per heavy atom. The summed E-state index contributed by atoms with van der Waals surface area (Å²) >= 11 is 3.54. The molecule has 0 saturated heterocycles. The number of aromatic amines is 1. The molecule has 1 aromatic carbocycles. The normalized spacial score (nSPS) is 17.3. The number of para-hydroxylation sites is 1. The van der Waals surface area contributed by atoms with Crippen LogP contribution in [0.5, 0.6) is 0 Å². The van der Waals surface area contributed by atoms with Crippen LogP contribution in [0.1, 0.15) is 12.6 Å². The van der Waals surface area contributed by atoms with Crippen LogP contribution < -0.4 is 5.32 Å². The molecule has 1 aliphatic heterocycles. The zero-order valence-electron chi connectivity index (χ0n) is 9.62. The molecule has 2 aromatic rings. The first-order valence-electron chi connectivity index (χ1n) is 5.50. The number of aliphatic imine (C=N–C) groups is 1. The van der Waals surface area contributed by atoms with Gasteiger partial charge in [-0.05, 0) is 35.0 Å². The summed E-state index contributed by atoms with van der Waals surface area (Å²) in [7, 11) is 0. The molecule has 1 amide bonds. The lowest BCUT2D eigenvalue weighted by Gasteiger charge is -1.92. The van der Waals surface area contributed by atoms with Gasteiger partial charge in [0.1, 0.15) is 11.5 Å². The Kier molecular flexibility index (Phi) is 2.56. The lowest BCUT2D eigenvalue weighted by Crippen LogP contribution is -2.21. The molecule has 5 heteroatoms. The zero-order valence-corrected chi connectivity index (χ0v) is 11.2. The van der Waals surface area contributed by atoms with E-state index in [2.05, 4.69) is 31.2 Å². The fourth-order valence-corrected chi connectivity index (χ4v) is 2.51. The molecule has 4 nitrogen and oxygen atoms in total. The minimum absolute atomic E-state index is 0.168. The topological polar surface area (TPSA) is 57.2 Å². The Labute approximate surface area is 112 Å². The number of hydrogen-bond acceptors (Lipinski definition) is 2. The van der Waals surface area contributed by atoms with E-state index in [1.165, 1.54) is 0 Å². The molecule has 0 fully saturated rings. The maximum absolute atomic E-state index is 11.6. The van der Waals surface area contributed by atoms with Crippen molar-refractivity contribution in [1.82, 2.24) is 10.3 Å². The molecule has 2 heterocycles. The summed E-state index contributed by atoms with van der Waals surface area (Å²) in [5, 5.41) is 3.74. The molecule has 0 bridgehead atoms. The molecule has 18 heavy (non-hydrogen) atoms. The van der Waals surface area contributed by atoms with Gasteiger partial charge >= 0.3 is 0 Å². The first-order chi connectivity index (χ1) is 8.65. The van der Waals surface area contributed by atoms with E-state index < -0.39 is 0 Å². The van der Waals surface area contributed by atoms with Crippen molar-refractivity contribution in [2.24, 2.45) is 4.99 Å². The average molecular weight is 304 g/mol. The molecule has 2 N–H and O–H groups in total. The number of H-pyrrole nitrogens is 1. The second kappa shape index (κ2) is 4.10. The molecule has 1 aromatic heterocycles. The van der Waals surface area contributed by atoms with Gasteiger partial charge in [0, 0.05) is 10.9 Å². The Morgan fingerprint density at radius 2 is 2.11 bits per heavy atom. The van der Waals surface area contributed by atoms with E-state index in [1.54, 1.807) is 13.0 Å². The van der Waals surface area contributed by atoms with Crippen molar-refractivity contribution in [3.63, 3.8) is 0 Å². The third kappa shape index (κ3) is 1.76. The quantitative estimate of drug-likeness (QED) is 0.782. The van der Waals surface area contributed by atoms with E-state index in [-0.39, 0.29) is 5.91 Å². The predicted molar refractivity (Wildman–Crippen MR) is 75.2 cm³/mol. The van der Waals surface area contributed by atoms with Crippen LogP contribution in [0.3, 0.4) is 0 Å². The Morgan fingerprint density at radius 3 is 2.78 bits per heavy atom. The van der Waals surface area contributed by atoms with Crippen molar-refractivity contribution in [3.05, 3.63) is 40.1 Å². The highest BCUT2D eigenvalue weighted by Crippen LogP contribution is 2.29. The molecule has 0 unspecified atom stereocenters. The number of nitrogens with zero attached hydrogens (tertiary/aromatic N) is 1. The molecule has 0 radical (unpaired) electrons. The maximum Gasteiger partial charge on any atom is 0.275 e. The fourth-order valence-electron chi connectivity index (χ4n) is 1.95. The molecule has 3 rings (SSSR count). The summed E-state index contributed by atoms with van der Waals surface area (Å²) in [6.45, 7) is 1.76. The van der Waals surface area contributed by atoms with Crippen LogP contribution in [-0.2, 0) is 4.79 Å². The van der Waals surface area contributed by atoms with Gasteiger partial charge in [0.15, 0.2) is 0 Å². The third-order valence-corrected chi connectivity index (χ3v) is 3.62. The summed E-state index contributed by atoms with van der Waals surface area (Å²) in [5.74, 6) is 0.455. The highest BCUT2D eigenvalue weighted by Gasteiger charge is 2.18. The second-order valence-electron chi connectivity index (χ2n) is 4.08. The van der Waals surface area contributed by atoms with Gasteiger partial charge < -0.3 is 10.3 Å². The lowest BCUT2D eigenvalue weighted by molar-refractivity contribution is -0.115. The largest absolute Gasteiger partial charge is 0.354 e.